The van der Waals surface area contributed by atoms with Crippen LogP contribution in [0, 0.1) is 0 Å². The van der Waals surface area contributed by atoms with Crippen LogP contribution >= 0.6 is 11.3 Å². The first-order valence-electron chi connectivity index (χ1n) is 19.5. The lowest BCUT2D eigenvalue weighted by Crippen LogP contribution is -2.43. The Bertz CT molecular complexity index is 3390. The van der Waals surface area contributed by atoms with E-state index in [9.17, 15) is 0 Å². The summed E-state index contributed by atoms with van der Waals surface area (Å²) in [5.74, 6) is 1.55. The van der Waals surface area contributed by atoms with Gasteiger partial charge in [0.15, 0.2) is 5.84 Å². The topological polar surface area (TPSA) is 54.8 Å². The Hall–Kier alpha value is -7.02. The minimum Gasteiger partial charge on any atom is -0.456 e. The van der Waals surface area contributed by atoms with Gasteiger partial charge in [-0.1, -0.05) is 127 Å². The van der Waals surface area contributed by atoms with Gasteiger partial charge in [0.25, 0.3) is 0 Å². The van der Waals surface area contributed by atoms with Gasteiger partial charge in [-0.25, -0.2) is 9.98 Å². The Morgan fingerprint density at radius 1 is 0.614 bits per heavy atom. The summed E-state index contributed by atoms with van der Waals surface area (Å²) in [4.78, 5) is 10.3. The number of amidine groups is 2. The molecule has 0 fully saturated rings. The van der Waals surface area contributed by atoms with Crippen molar-refractivity contribution in [3.8, 4) is 16.8 Å². The fourth-order valence-corrected chi connectivity index (χ4v) is 10.2. The van der Waals surface area contributed by atoms with E-state index in [4.69, 9.17) is 14.4 Å². The predicted molar refractivity (Wildman–Crippen MR) is 238 cm³/mol. The largest absolute Gasteiger partial charge is 0.456 e. The molecular formula is C51H34N4OS. The lowest BCUT2D eigenvalue weighted by Gasteiger charge is -2.26. The monoisotopic (exact) mass is 750 g/mol. The first-order valence-corrected chi connectivity index (χ1v) is 20.3. The molecule has 0 spiro atoms. The van der Waals surface area contributed by atoms with E-state index in [0.717, 1.165) is 57.2 Å². The van der Waals surface area contributed by atoms with Crippen LogP contribution in [0.1, 0.15) is 24.0 Å². The number of nitrogens with one attached hydrogen (secondary N) is 1. The van der Waals surface area contributed by atoms with Gasteiger partial charge in [-0.2, -0.15) is 0 Å². The lowest BCUT2D eigenvalue weighted by molar-refractivity contribution is 0.569. The Kier molecular flexibility index (Phi) is 7.22. The van der Waals surface area contributed by atoms with E-state index in [1.165, 1.54) is 64.4 Å². The lowest BCUT2D eigenvalue weighted by atomic mass is 9.96. The maximum atomic E-state index is 6.59. The van der Waals surface area contributed by atoms with E-state index in [2.05, 4.69) is 155 Å². The molecule has 0 saturated carbocycles. The highest BCUT2D eigenvalue weighted by molar-refractivity contribution is 7.26. The van der Waals surface area contributed by atoms with E-state index in [1.54, 1.807) is 0 Å². The molecule has 5 nitrogen and oxygen atoms in total. The first-order chi connectivity index (χ1) is 28.2. The molecule has 12 rings (SSSR count). The minimum atomic E-state index is -0.292. The zero-order valence-corrected chi connectivity index (χ0v) is 31.6. The Balaban J connectivity index is 1.01. The van der Waals surface area contributed by atoms with Crippen molar-refractivity contribution in [2.45, 2.75) is 19.0 Å². The number of hydrogen-bond acceptors (Lipinski definition) is 5. The Morgan fingerprint density at radius 2 is 1.33 bits per heavy atom. The predicted octanol–water partition coefficient (Wildman–Crippen LogP) is 11.1. The van der Waals surface area contributed by atoms with Gasteiger partial charge in [0.1, 0.15) is 23.0 Å². The fourth-order valence-electron chi connectivity index (χ4n) is 8.96. The average molecular weight is 751 g/mol. The molecule has 0 amide bonds. The first kappa shape index (κ1) is 32.2. The summed E-state index contributed by atoms with van der Waals surface area (Å²) >= 11 is 1.87. The van der Waals surface area contributed by atoms with Crippen LogP contribution in [0.15, 0.2) is 178 Å². The molecule has 1 aliphatic carbocycles. The van der Waals surface area contributed by atoms with Gasteiger partial charge in [0, 0.05) is 58.4 Å². The third-order valence-corrected chi connectivity index (χ3v) is 12.8. The van der Waals surface area contributed by atoms with Gasteiger partial charge in [0.2, 0.25) is 0 Å². The number of nitrogens with zero attached hydrogens (tertiary/aromatic N) is 3. The third-order valence-electron chi connectivity index (χ3n) is 11.6. The maximum absolute atomic E-state index is 6.59. The van der Waals surface area contributed by atoms with Crippen molar-refractivity contribution < 1.29 is 4.42 Å². The van der Waals surface area contributed by atoms with Crippen molar-refractivity contribution in [3.05, 3.63) is 186 Å². The third kappa shape index (κ3) is 5.14. The van der Waals surface area contributed by atoms with Gasteiger partial charge in [0.05, 0.1) is 11.0 Å². The van der Waals surface area contributed by atoms with Crippen LogP contribution in [-0.2, 0) is 0 Å². The highest BCUT2D eigenvalue weighted by Gasteiger charge is 2.26. The van der Waals surface area contributed by atoms with Crippen molar-refractivity contribution >= 4 is 87.6 Å². The van der Waals surface area contributed by atoms with Crippen molar-refractivity contribution in [1.29, 1.82) is 0 Å². The van der Waals surface area contributed by atoms with Crippen molar-refractivity contribution in [1.82, 2.24) is 9.88 Å². The minimum absolute atomic E-state index is 0.292. The Labute approximate surface area is 331 Å². The highest BCUT2D eigenvalue weighted by Crippen LogP contribution is 2.42. The molecule has 4 heterocycles. The molecule has 0 radical (unpaired) electrons. The van der Waals surface area contributed by atoms with Crippen LogP contribution in [0.3, 0.4) is 0 Å². The van der Waals surface area contributed by atoms with Crippen LogP contribution < -0.4 is 16.0 Å². The molecule has 270 valence electrons. The van der Waals surface area contributed by atoms with Gasteiger partial charge >= 0.3 is 0 Å². The molecule has 2 aliphatic rings. The van der Waals surface area contributed by atoms with Crippen LogP contribution in [0.4, 0.5) is 0 Å². The van der Waals surface area contributed by atoms with E-state index in [1.807, 2.05) is 35.6 Å². The van der Waals surface area contributed by atoms with Crippen LogP contribution in [0.25, 0.3) is 81.4 Å². The number of aliphatic imine (C=N–C) groups is 2. The molecule has 0 saturated heterocycles. The van der Waals surface area contributed by atoms with Gasteiger partial charge in [-0.3, -0.25) is 0 Å². The molecule has 7 aromatic carbocycles. The molecule has 0 bridgehead atoms. The van der Waals surface area contributed by atoms with Crippen LogP contribution in [0.2, 0.25) is 0 Å². The SMILES string of the molecule is C1=c2oc3ccc(-c4cccc5c4sc4cc(-n6c7ccccc7c7ccccc76)ccc45)cc3c2=C(C2N=C(c3ccccc3)N=C(c3ccccc3)N2)CC1. The summed E-state index contributed by atoms with van der Waals surface area (Å²) in [6.45, 7) is 0. The van der Waals surface area contributed by atoms with E-state index in [-0.39, 0.29) is 6.17 Å². The number of aromatic nitrogens is 1. The smallest absolute Gasteiger partial charge is 0.159 e. The second kappa shape index (κ2) is 12.8. The highest BCUT2D eigenvalue weighted by atomic mass is 32.1. The second-order valence-corrected chi connectivity index (χ2v) is 15.9. The van der Waals surface area contributed by atoms with E-state index in [0.29, 0.717) is 0 Å². The summed E-state index contributed by atoms with van der Waals surface area (Å²) in [7, 11) is 0. The molecule has 6 heteroatoms. The van der Waals surface area contributed by atoms with E-state index < -0.39 is 0 Å². The Morgan fingerprint density at radius 3 is 2.12 bits per heavy atom. The molecule has 1 atom stereocenters. The molecule has 10 aromatic rings. The summed E-state index contributed by atoms with van der Waals surface area (Å²) in [5, 5.41) is 11.1. The average Bonchev–Trinajstić information content (AvgIpc) is 3.96. The fraction of sp³-hybridized carbons (Fsp3) is 0.0588. The second-order valence-electron chi connectivity index (χ2n) is 14.8. The standard InChI is InChI=1S/C51H34N4OS/c1-3-13-31(14-4-1)49-52-50(32-15-5-2-6-16-32)54-51(53-49)40-21-12-24-45-47(40)41-29-33(25-28-44(41)56-45)35-19-11-20-39-38-27-26-34(30-46(38)57-48(35)39)55-42-22-9-7-17-36(42)37-18-8-10-23-43(37)55/h1-11,13-20,22-30,51H,12,21H2,(H,52,53,54). The quantitative estimate of drug-likeness (QED) is 0.190. The zero-order chi connectivity index (χ0) is 37.5. The molecule has 1 aliphatic heterocycles. The van der Waals surface area contributed by atoms with Crippen LogP contribution in [0.5, 0.6) is 0 Å². The van der Waals surface area contributed by atoms with Crippen molar-refractivity contribution in [2.24, 2.45) is 9.98 Å². The number of benzene rings is 7. The summed E-state index contributed by atoms with van der Waals surface area (Å²) < 4.78 is 11.5. The molecule has 57 heavy (non-hydrogen) atoms. The van der Waals surface area contributed by atoms with Gasteiger partial charge in [-0.05, 0) is 72.0 Å². The van der Waals surface area contributed by atoms with Crippen molar-refractivity contribution in [3.63, 3.8) is 0 Å². The van der Waals surface area contributed by atoms with Crippen molar-refractivity contribution in [2.75, 3.05) is 0 Å². The summed E-state index contributed by atoms with van der Waals surface area (Å²) in [6.07, 6.45) is 3.70. The number of para-hydroxylation sites is 2. The maximum Gasteiger partial charge on any atom is 0.159 e. The zero-order valence-electron chi connectivity index (χ0n) is 30.8. The van der Waals surface area contributed by atoms with Gasteiger partial charge < -0.3 is 14.3 Å². The normalized spacial score (nSPS) is 15.5. The molecule has 3 aromatic heterocycles. The number of rotatable bonds is 5. The molecule has 1 N–H and O–H groups in total. The summed E-state index contributed by atoms with van der Waals surface area (Å²) in [5.41, 5.74) is 11.1. The number of furan rings is 1. The number of hydrogen-bond donors (Lipinski definition) is 1. The number of thiophene rings is 1. The molecule has 1 unspecified atom stereocenters. The summed E-state index contributed by atoms with van der Waals surface area (Å²) in [6, 6.07) is 58.4. The number of fused-ring (bicyclic) bond motifs is 9. The van der Waals surface area contributed by atoms with Gasteiger partial charge in [-0.15, -0.1) is 11.3 Å². The van der Waals surface area contributed by atoms with Crippen LogP contribution in [-0.4, -0.2) is 22.4 Å². The molecular weight excluding hydrogens is 717 g/mol. The van der Waals surface area contributed by atoms with E-state index >= 15 is 0 Å².